The number of alkyl halides is 3. The molecule has 0 aromatic heterocycles. The Bertz CT molecular complexity index is 381. The quantitative estimate of drug-likeness (QED) is 0.841. The lowest BCUT2D eigenvalue weighted by Crippen LogP contribution is -2.27. The second-order valence-electron chi connectivity index (χ2n) is 5.71. The van der Waals surface area contributed by atoms with Crippen LogP contribution < -0.4 is 0 Å². The number of nitrogens with zero attached hydrogens (tertiary/aromatic N) is 2. The molecule has 1 saturated carbocycles. The van der Waals surface area contributed by atoms with Gasteiger partial charge in [-0.15, -0.1) is 0 Å². The van der Waals surface area contributed by atoms with Gasteiger partial charge in [0.2, 0.25) is 0 Å². The SMILES string of the molecule is N#CC(C#N)(CCC(F)(F)F)C[C@H]1CCC[C@@H](CO)C1. The fraction of sp³-hybridized carbons (Fsp3) is 0.857. The third-order valence-corrected chi connectivity index (χ3v) is 4.05. The minimum absolute atomic E-state index is 0.0495. The summed E-state index contributed by atoms with van der Waals surface area (Å²) in [6.07, 6.45) is -2.45. The molecule has 6 heteroatoms. The monoisotopic (exact) mass is 288 g/mol. The maximum Gasteiger partial charge on any atom is 0.389 e. The Morgan fingerprint density at radius 1 is 1.05 bits per heavy atom. The van der Waals surface area contributed by atoms with Crippen molar-refractivity contribution in [3.8, 4) is 12.1 Å². The number of aliphatic hydroxyl groups is 1. The smallest absolute Gasteiger partial charge is 0.389 e. The van der Waals surface area contributed by atoms with E-state index in [9.17, 15) is 13.2 Å². The van der Waals surface area contributed by atoms with E-state index >= 15 is 0 Å². The minimum atomic E-state index is -4.35. The largest absolute Gasteiger partial charge is 0.396 e. The van der Waals surface area contributed by atoms with Crippen molar-refractivity contribution in [3.63, 3.8) is 0 Å². The van der Waals surface area contributed by atoms with Gasteiger partial charge in [0.25, 0.3) is 0 Å². The van der Waals surface area contributed by atoms with Crippen LogP contribution in [0.4, 0.5) is 13.2 Å². The van der Waals surface area contributed by atoms with E-state index in [2.05, 4.69) is 0 Å². The Kier molecular flexibility index (Phi) is 5.83. The van der Waals surface area contributed by atoms with E-state index in [0.717, 1.165) is 19.3 Å². The van der Waals surface area contributed by atoms with Gasteiger partial charge in [0.05, 0.1) is 12.1 Å². The van der Waals surface area contributed by atoms with Crippen molar-refractivity contribution in [2.45, 2.75) is 51.1 Å². The molecule has 0 heterocycles. The molecule has 0 radical (unpaired) electrons. The summed E-state index contributed by atoms with van der Waals surface area (Å²) in [6.45, 7) is 0.0607. The first kappa shape index (κ1) is 16.8. The van der Waals surface area contributed by atoms with Crippen molar-refractivity contribution in [3.05, 3.63) is 0 Å². The summed E-state index contributed by atoms with van der Waals surface area (Å²) in [7, 11) is 0. The third kappa shape index (κ3) is 5.02. The first-order chi connectivity index (χ1) is 9.34. The predicted octanol–water partition coefficient (Wildman–Crippen LogP) is 3.55. The zero-order valence-corrected chi connectivity index (χ0v) is 11.3. The average molecular weight is 288 g/mol. The molecule has 1 fully saturated rings. The summed E-state index contributed by atoms with van der Waals surface area (Å²) in [5.41, 5.74) is -1.56. The molecule has 0 bridgehead atoms. The lowest BCUT2D eigenvalue weighted by atomic mass is 9.71. The lowest BCUT2D eigenvalue weighted by Gasteiger charge is -2.31. The first-order valence-corrected chi connectivity index (χ1v) is 6.84. The van der Waals surface area contributed by atoms with Crippen LogP contribution in [0.15, 0.2) is 0 Å². The molecule has 0 aliphatic heterocycles. The fourth-order valence-corrected chi connectivity index (χ4v) is 2.93. The molecule has 0 saturated heterocycles. The number of aliphatic hydroxyl groups excluding tert-OH is 1. The van der Waals surface area contributed by atoms with Crippen LogP contribution in [0, 0.1) is 39.9 Å². The minimum Gasteiger partial charge on any atom is -0.396 e. The second kappa shape index (κ2) is 6.95. The molecule has 112 valence electrons. The van der Waals surface area contributed by atoms with Gasteiger partial charge in [0, 0.05) is 13.0 Å². The number of rotatable bonds is 5. The maximum absolute atomic E-state index is 12.3. The van der Waals surface area contributed by atoms with Crippen LogP contribution in [0.25, 0.3) is 0 Å². The van der Waals surface area contributed by atoms with E-state index in [1.807, 2.05) is 0 Å². The Labute approximate surface area is 117 Å². The molecule has 0 spiro atoms. The fourth-order valence-electron chi connectivity index (χ4n) is 2.93. The van der Waals surface area contributed by atoms with Crippen LogP contribution in [0.2, 0.25) is 0 Å². The third-order valence-electron chi connectivity index (χ3n) is 4.05. The molecular formula is C14H19F3N2O. The van der Waals surface area contributed by atoms with Crippen LogP contribution in [0.5, 0.6) is 0 Å². The summed E-state index contributed by atoms with van der Waals surface area (Å²) in [5.74, 6) is 0.194. The lowest BCUT2D eigenvalue weighted by molar-refractivity contribution is -0.138. The van der Waals surface area contributed by atoms with Gasteiger partial charge in [-0.1, -0.05) is 12.8 Å². The van der Waals surface area contributed by atoms with Gasteiger partial charge in [0.15, 0.2) is 0 Å². The summed E-state index contributed by atoms with van der Waals surface area (Å²) < 4.78 is 36.9. The molecule has 1 aliphatic rings. The predicted molar refractivity (Wildman–Crippen MR) is 66.1 cm³/mol. The van der Waals surface area contributed by atoms with Gasteiger partial charge in [0.1, 0.15) is 5.41 Å². The van der Waals surface area contributed by atoms with E-state index in [1.54, 1.807) is 12.1 Å². The highest BCUT2D eigenvalue weighted by Crippen LogP contribution is 2.40. The van der Waals surface area contributed by atoms with Gasteiger partial charge in [-0.25, -0.2) is 0 Å². The van der Waals surface area contributed by atoms with Crippen LogP contribution in [-0.2, 0) is 0 Å². The molecule has 20 heavy (non-hydrogen) atoms. The van der Waals surface area contributed by atoms with Crippen molar-refractivity contribution >= 4 is 0 Å². The Balaban J connectivity index is 2.67. The van der Waals surface area contributed by atoms with Gasteiger partial charge in [-0.05, 0) is 37.5 Å². The van der Waals surface area contributed by atoms with Crippen LogP contribution in [0.3, 0.4) is 0 Å². The zero-order valence-electron chi connectivity index (χ0n) is 11.3. The van der Waals surface area contributed by atoms with Crippen LogP contribution >= 0.6 is 0 Å². The second-order valence-corrected chi connectivity index (χ2v) is 5.71. The zero-order chi connectivity index (χ0) is 15.2. The molecule has 0 amide bonds. The van der Waals surface area contributed by atoms with E-state index in [-0.39, 0.29) is 24.9 Å². The average Bonchev–Trinajstić information content (AvgIpc) is 2.43. The summed E-state index contributed by atoms with van der Waals surface area (Å²) in [4.78, 5) is 0. The van der Waals surface area contributed by atoms with Gasteiger partial charge < -0.3 is 5.11 Å². The van der Waals surface area contributed by atoms with Crippen molar-refractivity contribution in [2.75, 3.05) is 6.61 Å². The number of nitriles is 2. The first-order valence-electron chi connectivity index (χ1n) is 6.84. The van der Waals surface area contributed by atoms with Crippen molar-refractivity contribution < 1.29 is 18.3 Å². The van der Waals surface area contributed by atoms with Crippen molar-refractivity contribution in [1.82, 2.24) is 0 Å². The van der Waals surface area contributed by atoms with Crippen molar-refractivity contribution in [1.29, 1.82) is 10.5 Å². The molecule has 0 unspecified atom stereocenters. The van der Waals surface area contributed by atoms with E-state index in [1.165, 1.54) is 0 Å². The Morgan fingerprint density at radius 2 is 1.65 bits per heavy atom. The van der Waals surface area contributed by atoms with E-state index < -0.39 is 24.4 Å². The molecule has 0 aromatic carbocycles. The summed E-state index contributed by atoms with van der Waals surface area (Å²) in [6, 6.07) is 3.59. The standard InChI is InChI=1S/C14H19F3N2O/c15-14(16,17)5-4-13(9-18,10-19)7-11-2-1-3-12(6-11)8-20/h11-12,20H,1-8H2/t11-,12+/m0/s1. The van der Waals surface area contributed by atoms with E-state index in [4.69, 9.17) is 15.6 Å². The van der Waals surface area contributed by atoms with Gasteiger partial charge in [-0.2, -0.15) is 23.7 Å². The van der Waals surface area contributed by atoms with Gasteiger partial charge in [-0.3, -0.25) is 0 Å². The maximum atomic E-state index is 12.3. The molecule has 3 nitrogen and oxygen atoms in total. The van der Waals surface area contributed by atoms with Crippen molar-refractivity contribution in [2.24, 2.45) is 17.3 Å². The van der Waals surface area contributed by atoms with Crippen LogP contribution in [-0.4, -0.2) is 17.9 Å². The van der Waals surface area contributed by atoms with Gasteiger partial charge >= 0.3 is 6.18 Å². The summed E-state index contributed by atoms with van der Waals surface area (Å²) in [5, 5.41) is 27.4. The highest BCUT2D eigenvalue weighted by molar-refractivity contribution is 5.14. The number of hydrogen-bond donors (Lipinski definition) is 1. The highest BCUT2D eigenvalue weighted by Gasteiger charge is 2.39. The normalized spacial score (nSPS) is 23.9. The highest BCUT2D eigenvalue weighted by atomic mass is 19.4. The molecule has 1 aliphatic carbocycles. The molecule has 0 aromatic rings. The molecule has 2 atom stereocenters. The topological polar surface area (TPSA) is 67.8 Å². The summed E-state index contributed by atoms with van der Waals surface area (Å²) >= 11 is 0. The molecular weight excluding hydrogens is 269 g/mol. The molecule has 1 rings (SSSR count). The van der Waals surface area contributed by atoms with E-state index in [0.29, 0.717) is 6.42 Å². The number of hydrogen-bond acceptors (Lipinski definition) is 3. The Morgan fingerprint density at radius 3 is 2.15 bits per heavy atom. The number of halogens is 3. The Hall–Kier alpha value is -1.27. The van der Waals surface area contributed by atoms with Crippen LogP contribution in [0.1, 0.15) is 44.9 Å². The molecule has 1 N–H and O–H groups in total.